The highest BCUT2D eigenvalue weighted by Gasteiger charge is 2.30. The summed E-state index contributed by atoms with van der Waals surface area (Å²) in [7, 11) is 0. The number of carboxylic acids is 1. The molecule has 5 nitrogen and oxygen atoms in total. The van der Waals surface area contributed by atoms with Crippen LogP contribution in [0.4, 0.5) is 4.79 Å². The summed E-state index contributed by atoms with van der Waals surface area (Å²) in [6, 6.07) is -1.10. The van der Waals surface area contributed by atoms with E-state index in [4.69, 9.17) is 0 Å². The molecule has 110 valence electrons. The minimum Gasteiger partial charge on any atom is -0.480 e. The topological polar surface area (TPSA) is 78.4 Å². The molecule has 1 aliphatic rings. The number of urea groups is 1. The van der Waals surface area contributed by atoms with Crippen LogP contribution in [0.2, 0.25) is 0 Å². The summed E-state index contributed by atoms with van der Waals surface area (Å²) in [5.74, 6) is -0.0541. The fourth-order valence-corrected chi connectivity index (χ4v) is 3.13. The molecular formula is C13H24N2O3S. The molecule has 0 heterocycles. The summed E-state index contributed by atoms with van der Waals surface area (Å²) >= 11 is 1.65. The van der Waals surface area contributed by atoms with Gasteiger partial charge in [0.05, 0.1) is 0 Å². The zero-order valence-electron chi connectivity index (χ0n) is 11.6. The Balaban J connectivity index is 2.48. The van der Waals surface area contributed by atoms with Crippen LogP contribution in [0.1, 0.15) is 39.0 Å². The molecule has 0 aliphatic heterocycles. The Bertz CT molecular complexity index is 306. The summed E-state index contributed by atoms with van der Waals surface area (Å²) in [6.07, 6.45) is 7.02. The second kappa shape index (κ2) is 8.30. The lowest BCUT2D eigenvalue weighted by Gasteiger charge is -2.28. The second-order valence-electron chi connectivity index (χ2n) is 5.19. The van der Waals surface area contributed by atoms with E-state index in [0.29, 0.717) is 0 Å². The Labute approximate surface area is 118 Å². The lowest BCUT2D eigenvalue weighted by molar-refractivity contribution is -0.141. The van der Waals surface area contributed by atoms with Crippen LogP contribution in [-0.4, -0.2) is 41.2 Å². The molecule has 0 aromatic rings. The molecule has 3 N–H and O–H groups in total. The molecule has 2 unspecified atom stereocenters. The van der Waals surface area contributed by atoms with Crippen molar-refractivity contribution in [3.63, 3.8) is 0 Å². The highest BCUT2D eigenvalue weighted by molar-refractivity contribution is 7.98. The predicted octanol–water partition coefficient (Wildman–Crippen LogP) is 2.07. The Hall–Kier alpha value is -0.910. The number of carbonyl (C=O) groups is 2. The summed E-state index contributed by atoms with van der Waals surface area (Å²) in [4.78, 5) is 23.1. The van der Waals surface area contributed by atoms with Crippen LogP contribution in [0.15, 0.2) is 0 Å². The van der Waals surface area contributed by atoms with Gasteiger partial charge in [0, 0.05) is 11.8 Å². The predicted molar refractivity (Wildman–Crippen MR) is 77.5 cm³/mol. The number of nitrogens with one attached hydrogen (secondary N) is 2. The largest absolute Gasteiger partial charge is 0.480 e. The molecule has 6 heteroatoms. The van der Waals surface area contributed by atoms with E-state index in [1.165, 1.54) is 6.42 Å². The first-order valence-corrected chi connectivity index (χ1v) is 8.22. The van der Waals surface area contributed by atoms with Gasteiger partial charge >= 0.3 is 12.0 Å². The SMILES string of the molecule is CSCC(C)NC(=O)NC(C(=O)O)C1CCCCC1. The number of hydrogen-bond acceptors (Lipinski definition) is 3. The molecule has 0 radical (unpaired) electrons. The van der Waals surface area contributed by atoms with E-state index in [0.717, 1.165) is 31.4 Å². The number of hydrogen-bond donors (Lipinski definition) is 3. The van der Waals surface area contributed by atoms with Crippen molar-refractivity contribution in [1.82, 2.24) is 10.6 Å². The normalized spacial score (nSPS) is 19.5. The average molecular weight is 288 g/mol. The highest BCUT2D eigenvalue weighted by Crippen LogP contribution is 2.26. The van der Waals surface area contributed by atoms with Gasteiger partial charge in [-0.25, -0.2) is 9.59 Å². The van der Waals surface area contributed by atoms with Crippen molar-refractivity contribution in [3.05, 3.63) is 0 Å². The van der Waals surface area contributed by atoms with Crippen LogP contribution in [0.3, 0.4) is 0 Å². The average Bonchev–Trinajstić information content (AvgIpc) is 2.37. The fourth-order valence-electron chi connectivity index (χ4n) is 2.55. The maximum absolute atomic E-state index is 11.8. The van der Waals surface area contributed by atoms with Gasteiger partial charge in [-0.1, -0.05) is 19.3 Å². The third-order valence-corrected chi connectivity index (χ3v) is 4.30. The lowest BCUT2D eigenvalue weighted by Crippen LogP contribution is -2.52. The third kappa shape index (κ3) is 5.72. The van der Waals surface area contributed by atoms with Gasteiger partial charge in [-0.3, -0.25) is 0 Å². The zero-order valence-corrected chi connectivity index (χ0v) is 12.5. The molecule has 2 atom stereocenters. The number of carboxylic acid groups (broad SMARTS) is 1. The molecular weight excluding hydrogens is 264 g/mol. The van der Waals surface area contributed by atoms with Gasteiger partial charge in [-0.15, -0.1) is 0 Å². The molecule has 1 rings (SSSR count). The van der Waals surface area contributed by atoms with Crippen LogP contribution < -0.4 is 10.6 Å². The monoisotopic (exact) mass is 288 g/mol. The van der Waals surface area contributed by atoms with Gasteiger partial charge in [-0.05, 0) is 31.9 Å². The Kier molecular flexibility index (Phi) is 7.05. The van der Waals surface area contributed by atoms with Gasteiger partial charge in [0.25, 0.3) is 0 Å². The second-order valence-corrected chi connectivity index (χ2v) is 6.10. The van der Waals surface area contributed by atoms with Crippen molar-refractivity contribution in [2.24, 2.45) is 5.92 Å². The van der Waals surface area contributed by atoms with Crippen LogP contribution in [0, 0.1) is 5.92 Å². The molecule has 2 amide bonds. The maximum Gasteiger partial charge on any atom is 0.326 e. The van der Waals surface area contributed by atoms with E-state index in [-0.39, 0.29) is 18.0 Å². The highest BCUT2D eigenvalue weighted by atomic mass is 32.2. The van der Waals surface area contributed by atoms with Gasteiger partial charge in [0.15, 0.2) is 0 Å². The number of carbonyl (C=O) groups excluding carboxylic acids is 1. The molecule has 0 saturated heterocycles. The molecule has 0 bridgehead atoms. The first-order valence-electron chi connectivity index (χ1n) is 6.83. The van der Waals surface area contributed by atoms with Crippen molar-refractivity contribution >= 4 is 23.8 Å². The third-order valence-electron chi connectivity index (χ3n) is 3.47. The Morgan fingerprint density at radius 3 is 2.42 bits per heavy atom. The van der Waals surface area contributed by atoms with Gasteiger partial charge < -0.3 is 15.7 Å². The number of thioether (sulfide) groups is 1. The minimum atomic E-state index is -0.931. The minimum absolute atomic E-state index is 0.0378. The smallest absolute Gasteiger partial charge is 0.326 e. The van der Waals surface area contributed by atoms with Crippen molar-refractivity contribution in [1.29, 1.82) is 0 Å². The van der Waals surface area contributed by atoms with Crippen molar-refractivity contribution in [2.75, 3.05) is 12.0 Å². The molecule has 0 aromatic heterocycles. The van der Waals surface area contributed by atoms with Gasteiger partial charge in [0.1, 0.15) is 6.04 Å². The van der Waals surface area contributed by atoms with Crippen LogP contribution in [0.25, 0.3) is 0 Å². The molecule has 0 aromatic carbocycles. The van der Waals surface area contributed by atoms with E-state index >= 15 is 0 Å². The van der Waals surface area contributed by atoms with E-state index in [2.05, 4.69) is 10.6 Å². The zero-order chi connectivity index (χ0) is 14.3. The molecule has 1 aliphatic carbocycles. The number of rotatable bonds is 6. The number of amides is 2. The van der Waals surface area contributed by atoms with Crippen LogP contribution >= 0.6 is 11.8 Å². The summed E-state index contributed by atoms with van der Waals surface area (Å²) in [5.41, 5.74) is 0. The van der Waals surface area contributed by atoms with E-state index in [1.54, 1.807) is 11.8 Å². The Morgan fingerprint density at radius 2 is 1.89 bits per heavy atom. The van der Waals surface area contributed by atoms with Crippen LogP contribution in [0.5, 0.6) is 0 Å². The fraction of sp³-hybridized carbons (Fsp3) is 0.846. The molecule has 19 heavy (non-hydrogen) atoms. The lowest BCUT2D eigenvalue weighted by atomic mass is 9.84. The Morgan fingerprint density at radius 1 is 1.26 bits per heavy atom. The first-order chi connectivity index (χ1) is 9.04. The summed E-state index contributed by atoms with van der Waals surface area (Å²) < 4.78 is 0. The maximum atomic E-state index is 11.8. The molecule has 0 spiro atoms. The summed E-state index contributed by atoms with van der Waals surface area (Å²) in [6.45, 7) is 1.91. The van der Waals surface area contributed by atoms with Crippen molar-refractivity contribution in [3.8, 4) is 0 Å². The van der Waals surface area contributed by atoms with Crippen LogP contribution in [-0.2, 0) is 4.79 Å². The van der Waals surface area contributed by atoms with E-state index in [9.17, 15) is 14.7 Å². The molecule has 1 saturated carbocycles. The van der Waals surface area contributed by atoms with Gasteiger partial charge in [-0.2, -0.15) is 11.8 Å². The van der Waals surface area contributed by atoms with Crippen molar-refractivity contribution in [2.45, 2.75) is 51.1 Å². The van der Waals surface area contributed by atoms with Crippen molar-refractivity contribution < 1.29 is 14.7 Å². The summed E-state index contributed by atoms with van der Waals surface area (Å²) in [5, 5.41) is 14.7. The number of aliphatic carboxylic acids is 1. The molecule has 1 fully saturated rings. The van der Waals surface area contributed by atoms with E-state index < -0.39 is 12.0 Å². The standard InChI is InChI=1S/C13H24N2O3S/c1-9(8-19-2)14-13(18)15-11(12(16)17)10-6-4-3-5-7-10/h9-11H,3-8H2,1-2H3,(H,16,17)(H2,14,15,18). The quantitative estimate of drug-likeness (QED) is 0.699. The van der Waals surface area contributed by atoms with E-state index in [1.807, 2.05) is 13.2 Å². The van der Waals surface area contributed by atoms with Gasteiger partial charge in [0.2, 0.25) is 0 Å². The first kappa shape index (κ1) is 16.1.